The van der Waals surface area contributed by atoms with E-state index >= 15 is 0 Å². The lowest BCUT2D eigenvalue weighted by molar-refractivity contribution is 0.692. The molecule has 0 amide bonds. The standard InChI is InChI=1S/C17H23/c1-3-5-7-8-9-11-17-14-12-16(13-15-17)10-6-4-2/h12-15H,4-11H2,2H3. The molecule has 0 unspecified atom stereocenters. The molecule has 1 rings (SSSR count). The fraction of sp³-hybridized carbons (Fsp3) is 0.529. The van der Waals surface area contributed by atoms with Gasteiger partial charge in [0.2, 0.25) is 0 Å². The highest BCUT2D eigenvalue weighted by Gasteiger charge is 1.95. The average molecular weight is 227 g/mol. The van der Waals surface area contributed by atoms with Gasteiger partial charge in [-0.25, -0.2) is 0 Å². The van der Waals surface area contributed by atoms with Gasteiger partial charge in [0.15, 0.2) is 0 Å². The Morgan fingerprint density at radius 3 is 2.00 bits per heavy atom. The Morgan fingerprint density at radius 2 is 1.47 bits per heavy atom. The normalized spacial score (nSPS) is 10.1. The van der Waals surface area contributed by atoms with Crippen molar-refractivity contribution in [1.29, 1.82) is 0 Å². The molecular formula is C17H23. The van der Waals surface area contributed by atoms with Gasteiger partial charge >= 0.3 is 0 Å². The van der Waals surface area contributed by atoms with E-state index < -0.39 is 0 Å². The minimum absolute atomic E-state index is 0.815. The maximum atomic E-state index is 6.83. The smallest absolute Gasteiger partial charge is 0.00989 e. The Bertz CT molecular complexity index is 326. The van der Waals surface area contributed by atoms with Gasteiger partial charge in [0.05, 0.1) is 0 Å². The monoisotopic (exact) mass is 227 g/mol. The summed E-state index contributed by atoms with van der Waals surface area (Å²) in [6.45, 7) is 2.24. The van der Waals surface area contributed by atoms with Crippen LogP contribution in [-0.4, -0.2) is 0 Å². The molecule has 0 heteroatoms. The van der Waals surface area contributed by atoms with Crippen molar-refractivity contribution < 1.29 is 0 Å². The summed E-state index contributed by atoms with van der Waals surface area (Å²) < 4.78 is 0. The van der Waals surface area contributed by atoms with Gasteiger partial charge in [-0.1, -0.05) is 50.0 Å². The van der Waals surface area contributed by atoms with Crippen molar-refractivity contribution in [3.63, 3.8) is 0 Å². The third-order valence-corrected chi connectivity index (χ3v) is 3.11. The molecule has 0 heterocycles. The topological polar surface area (TPSA) is 0 Å². The fourth-order valence-electron chi connectivity index (χ4n) is 1.97. The Morgan fingerprint density at radius 1 is 0.882 bits per heavy atom. The molecule has 0 saturated carbocycles. The van der Waals surface area contributed by atoms with Crippen molar-refractivity contribution in [3.8, 4) is 5.92 Å². The van der Waals surface area contributed by atoms with E-state index in [0.29, 0.717) is 0 Å². The van der Waals surface area contributed by atoms with Crippen LogP contribution in [0.2, 0.25) is 0 Å². The third kappa shape index (κ3) is 6.17. The molecule has 0 N–H and O–H groups in total. The first-order valence-corrected chi connectivity index (χ1v) is 6.84. The molecule has 0 aliphatic heterocycles. The van der Waals surface area contributed by atoms with E-state index in [-0.39, 0.29) is 0 Å². The van der Waals surface area contributed by atoms with Crippen LogP contribution in [-0.2, 0) is 12.8 Å². The zero-order chi connectivity index (χ0) is 12.3. The van der Waals surface area contributed by atoms with Crippen LogP contribution in [0.15, 0.2) is 24.3 Å². The maximum Gasteiger partial charge on any atom is 0.00989 e. The van der Waals surface area contributed by atoms with Crippen LogP contribution in [0.4, 0.5) is 0 Å². The second-order valence-corrected chi connectivity index (χ2v) is 4.66. The minimum Gasteiger partial charge on any atom is -0.0891 e. The lowest BCUT2D eigenvalue weighted by Gasteiger charge is -2.03. The molecule has 0 atom stereocenters. The summed E-state index contributed by atoms with van der Waals surface area (Å²) in [5.41, 5.74) is 2.91. The van der Waals surface area contributed by atoms with Gasteiger partial charge in [0, 0.05) is 6.42 Å². The van der Waals surface area contributed by atoms with Crippen LogP contribution in [0.25, 0.3) is 0 Å². The Labute approximate surface area is 106 Å². The summed E-state index contributed by atoms with van der Waals surface area (Å²) in [7, 11) is 0. The molecule has 0 spiro atoms. The van der Waals surface area contributed by atoms with Gasteiger partial charge in [0.1, 0.15) is 0 Å². The van der Waals surface area contributed by atoms with Crippen molar-refractivity contribution in [2.45, 2.75) is 58.3 Å². The first kappa shape index (κ1) is 13.8. The molecule has 0 saturated heterocycles. The summed E-state index contributed by atoms with van der Waals surface area (Å²) in [6.07, 6.45) is 16.1. The zero-order valence-electron chi connectivity index (χ0n) is 11.0. The number of unbranched alkanes of at least 4 members (excludes halogenated alkanes) is 4. The maximum absolute atomic E-state index is 6.83. The van der Waals surface area contributed by atoms with Crippen molar-refractivity contribution in [2.24, 2.45) is 0 Å². The average Bonchev–Trinajstić information content (AvgIpc) is 2.37. The van der Waals surface area contributed by atoms with Crippen LogP contribution in [0.1, 0.15) is 56.6 Å². The van der Waals surface area contributed by atoms with Gasteiger partial charge in [-0.2, -0.15) is 0 Å². The molecule has 0 aliphatic rings. The quantitative estimate of drug-likeness (QED) is 0.445. The van der Waals surface area contributed by atoms with Crippen molar-refractivity contribution in [3.05, 3.63) is 41.8 Å². The molecule has 0 nitrogen and oxygen atoms in total. The summed E-state index contributed by atoms with van der Waals surface area (Å²) in [5.74, 6) is 2.44. The van der Waals surface area contributed by atoms with E-state index in [4.69, 9.17) is 6.42 Å². The van der Waals surface area contributed by atoms with E-state index in [1.54, 1.807) is 0 Å². The number of hydrogen-bond donors (Lipinski definition) is 0. The molecular weight excluding hydrogens is 204 g/mol. The molecule has 0 bridgehead atoms. The van der Waals surface area contributed by atoms with E-state index in [1.807, 2.05) is 0 Å². The highest BCUT2D eigenvalue weighted by Crippen LogP contribution is 2.11. The van der Waals surface area contributed by atoms with Crippen LogP contribution >= 0.6 is 0 Å². The molecule has 1 radical (unpaired) electrons. The Kier molecular flexibility index (Phi) is 7.23. The first-order chi connectivity index (χ1) is 8.36. The molecule has 17 heavy (non-hydrogen) atoms. The number of rotatable bonds is 8. The van der Waals surface area contributed by atoms with Gasteiger partial charge < -0.3 is 0 Å². The van der Waals surface area contributed by atoms with Crippen LogP contribution < -0.4 is 0 Å². The predicted octanol–water partition coefficient (Wildman–Crippen LogP) is 4.72. The summed E-state index contributed by atoms with van der Waals surface area (Å²) in [4.78, 5) is 0. The number of benzene rings is 1. The van der Waals surface area contributed by atoms with Crippen LogP contribution in [0.3, 0.4) is 0 Å². The molecule has 0 aromatic heterocycles. The third-order valence-electron chi connectivity index (χ3n) is 3.11. The van der Waals surface area contributed by atoms with Crippen LogP contribution in [0, 0.1) is 12.3 Å². The predicted molar refractivity (Wildman–Crippen MR) is 74.4 cm³/mol. The zero-order valence-corrected chi connectivity index (χ0v) is 11.0. The molecule has 0 aliphatic carbocycles. The van der Waals surface area contributed by atoms with Gasteiger partial charge in [-0.15, -0.1) is 0 Å². The minimum atomic E-state index is 0.815. The molecule has 1 aromatic carbocycles. The van der Waals surface area contributed by atoms with Gasteiger partial charge in [-0.3, -0.25) is 0 Å². The van der Waals surface area contributed by atoms with E-state index in [9.17, 15) is 0 Å². The van der Waals surface area contributed by atoms with E-state index in [2.05, 4.69) is 37.1 Å². The van der Waals surface area contributed by atoms with Gasteiger partial charge in [-0.05, 0) is 49.7 Å². The fourth-order valence-corrected chi connectivity index (χ4v) is 1.97. The lowest BCUT2D eigenvalue weighted by Crippen LogP contribution is -1.88. The summed E-state index contributed by atoms with van der Waals surface area (Å²) in [6, 6.07) is 9.09. The second-order valence-electron chi connectivity index (χ2n) is 4.66. The van der Waals surface area contributed by atoms with Crippen molar-refractivity contribution in [2.75, 3.05) is 0 Å². The Hall–Kier alpha value is -1.22. The molecule has 91 valence electrons. The Balaban J connectivity index is 2.23. The van der Waals surface area contributed by atoms with Crippen molar-refractivity contribution >= 4 is 0 Å². The van der Waals surface area contributed by atoms with Crippen molar-refractivity contribution in [1.82, 2.24) is 0 Å². The highest BCUT2D eigenvalue weighted by atomic mass is 14.0. The SMILES string of the molecule is [C]#CCCCCCc1ccc(CCCC)cc1. The van der Waals surface area contributed by atoms with E-state index in [1.165, 1.54) is 49.7 Å². The second kappa shape index (κ2) is 8.88. The van der Waals surface area contributed by atoms with E-state index in [0.717, 1.165) is 12.8 Å². The lowest BCUT2D eigenvalue weighted by atomic mass is 10.0. The van der Waals surface area contributed by atoms with Crippen LogP contribution in [0.5, 0.6) is 0 Å². The molecule has 1 aromatic rings. The number of hydrogen-bond acceptors (Lipinski definition) is 0. The molecule has 0 fully saturated rings. The highest BCUT2D eigenvalue weighted by molar-refractivity contribution is 5.22. The van der Waals surface area contributed by atoms with Gasteiger partial charge in [0.25, 0.3) is 0 Å². The largest absolute Gasteiger partial charge is 0.0891 e. The number of aryl methyl sites for hydroxylation is 2. The first-order valence-electron chi connectivity index (χ1n) is 6.84. The summed E-state index contributed by atoms with van der Waals surface area (Å²) >= 11 is 0. The summed E-state index contributed by atoms with van der Waals surface area (Å²) in [5, 5.41) is 0.